The second-order valence-electron chi connectivity index (χ2n) is 6.71. The first-order chi connectivity index (χ1) is 11.5. The molecule has 3 rings (SSSR count). The highest BCUT2D eigenvalue weighted by molar-refractivity contribution is 5.90. The van der Waals surface area contributed by atoms with Crippen LogP contribution in [0.2, 0.25) is 0 Å². The van der Waals surface area contributed by atoms with Crippen molar-refractivity contribution in [3.63, 3.8) is 0 Å². The number of hydrogen-bond acceptors (Lipinski definition) is 3. The summed E-state index contributed by atoms with van der Waals surface area (Å²) in [6, 6.07) is 5.11. The minimum absolute atomic E-state index is 0.00300. The average Bonchev–Trinajstić information content (AvgIpc) is 3.19. The van der Waals surface area contributed by atoms with Gasteiger partial charge >= 0.3 is 6.03 Å². The molecule has 24 heavy (non-hydrogen) atoms. The maximum absolute atomic E-state index is 12.9. The normalized spacial score (nSPS) is 22.4. The molecule has 130 valence electrons. The molecule has 2 fully saturated rings. The molecule has 1 atom stereocenters. The summed E-state index contributed by atoms with van der Waals surface area (Å²) in [7, 11) is 0. The lowest BCUT2D eigenvalue weighted by molar-refractivity contribution is -0.135. The molecule has 7 heteroatoms. The summed E-state index contributed by atoms with van der Waals surface area (Å²) in [5.74, 6) is -0.350. The van der Waals surface area contributed by atoms with Gasteiger partial charge in [0, 0.05) is 24.8 Å². The van der Waals surface area contributed by atoms with E-state index < -0.39 is 5.54 Å². The number of amides is 3. The molecule has 6 nitrogen and oxygen atoms in total. The van der Waals surface area contributed by atoms with Crippen LogP contribution in [-0.2, 0) is 4.79 Å². The lowest BCUT2D eigenvalue weighted by atomic mass is 9.97. The second-order valence-corrected chi connectivity index (χ2v) is 6.71. The average molecular weight is 334 g/mol. The Morgan fingerprint density at radius 2 is 1.88 bits per heavy atom. The van der Waals surface area contributed by atoms with Crippen LogP contribution in [0.5, 0.6) is 0 Å². The quantitative estimate of drug-likeness (QED) is 0.788. The Bertz CT molecular complexity index is 614. The first-order valence-electron chi connectivity index (χ1n) is 8.38. The molecular formula is C17H23FN4O2. The third-order valence-corrected chi connectivity index (χ3v) is 4.83. The van der Waals surface area contributed by atoms with Crippen molar-refractivity contribution in [3.05, 3.63) is 30.1 Å². The molecular weight excluding hydrogens is 311 g/mol. The summed E-state index contributed by atoms with van der Waals surface area (Å²) in [4.78, 5) is 26.3. The number of hydrogen-bond donors (Lipinski definition) is 3. The maximum Gasteiger partial charge on any atom is 0.319 e. The van der Waals surface area contributed by atoms with E-state index in [-0.39, 0.29) is 23.8 Å². The highest BCUT2D eigenvalue weighted by Crippen LogP contribution is 2.30. The van der Waals surface area contributed by atoms with Gasteiger partial charge in [0.25, 0.3) is 0 Å². The van der Waals surface area contributed by atoms with E-state index >= 15 is 0 Å². The van der Waals surface area contributed by atoms with Crippen LogP contribution in [0, 0.1) is 5.82 Å². The van der Waals surface area contributed by atoms with Gasteiger partial charge in [0.05, 0.1) is 5.54 Å². The van der Waals surface area contributed by atoms with Gasteiger partial charge in [-0.2, -0.15) is 0 Å². The molecule has 1 aromatic carbocycles. The summed E-state index contributed by atoms with van der Waals surface area (Å²) >= 11 is 0. The zero-order valence-electron chi connectivity index (χ0n) is 13.6. The number of nitrogens with zero attached hydrogens (tertiary/aromatic N) is 1. The summed E-state index contributed by atoms with van der Waals surface area (Å²) in [6.07, 6.45) is 4.19. The highest BCUT2D eigenvalue weighted by atomic mass is 19.1. The minimum atomic E-state index is -0.717. The SMILES string of the molecule is NC1(C(=O)N2CCC(NC(=O)Nc3ccc(F)cc3)C2)CCCC1. The van der Waals surface area contributed by atoms with E-state index in [0.717, 1.165) is 25.7 Å². The zero-order chi connectivity index (χ0) is 17.2. The van der Waals surface area contributed by atoms with E-state index in [9.17, 15) is 14.0 Å². The van der Waals surface area contributed by atoms with Gasteiger partial charge in [0.1, 0.15) is 5.82 Å². The number of nitrogens with one attached hydrogen (secondary N) is 2. The number of carbonyl (C=O) groups excluding carboxylic acids is 2. The first kappa shape index (κ1) is 16.7. The maximum atomic E-state index is 12.9. The Balaban J connectivity index is 1.49. The van der Waals surface area contributed by atoms with Gasteiger partial charge in [0.15, 0.2) is 0 Å². The molecule has 1 unspecified atom stereocenters. The van der Waals surface area contributed by atoms with Crippen LogP contribution >= 0.6 is 0 Å². The van der Waals surface area contributed by atoms with Gasteiger partial charge in [-0.15, -0.1) is 0 Å². The van der Waals surface area contributed by atoms with Crippen LogP contribution in [0.4, 0.5) is 14.9 Å². The Morgan fingerprint density at radius 1 is 1.21 bits per heavy atom. The molecule has 1 aliphatic carbocycles. The molecule has 1 saturated heterocycles. The molecule has 2 aliphatic rings. The fraction of sp³-hybridized carbons (Fsp3) is 0.529. The van der Waals surface area contributed by atoms with Crippen LogP contribution in [0.25, 0.3) is 0 Å². The molecule has 0 bridgehead atoms. The van der Waals surface area contributed by atoms with Crippen molar-refractivity contribution >= 4 is 17.6 Å². The van der Waals surface area contributed by atoms with Crippen LogP contribution in [0.1, 0.15) is 32.1 Å². The van der Waals surface area contributed by atoms with E-state index in [2.05, 4.69) is 10.6 Å². The summed E-state index contributed by atoms with van der Waals surface area (Å²) in [5, 5.41) is 5.51. The molecule has 1 aromatic rings. The summed E-state index contributed by atoms with van der Waals surface area (Å²) in [5.41, 5.74) is 6.03. The number of benzene rings is 1. The van der Waals surface area contributed by atoms with E-state index in [0.29, 0.717) is 25.2 Å². The number of halogens is 1. The molecule has 0 spiro atoms. The van der Waals surface area contributed by atoms with E-state index in [1.165, 1.54) is 24.3 Å². The van der Waals surface area contributed by atoms with Gasteiger partial charge in [-0.3, -0.25) is 4.79 Å². The van der Waals surface area contributed by atoms with Crippen molar-refractivity contribution in [1.29, 1.82) is 0 Å². The molecule has 4 N–H and O–H groups in total. The zero-order valence-corrected chi connectivity index (χ0v) is 13.6. The number of nitrogens with two attached hydrogens (primary N) is 1. The summed E-state index contributed by atoms with van der Waals surface area (Å²) in [6.45, 7) is 1.09. The Hall–Kier alpha value is -2.15. The monoisotopic (exact) mass is 334 g/mol. The Morgan fingerprint density at radius 3 is 2.54 bits per heavy atom. The van der Waals surface area contributed by atoms with Gasteiger partial charge in [-0.25, -0.2) is 9.18 Å². The van der Waals surface area contributed by atoms with Gasteiger partial charge in [-0.05, 0) is 43.5 Å². The fourth-order valence-electron chi connectivity index (χ4n) is 3.48. The Kier molecular flexibility index (Phi) is 4.71. The van der Waals surface area contributed by atoms with Crippen molar-refractivity contribution in [3.8, 4) is 0 Å². The molecule has 3 amide bonds. The van der Waals surface area contributed by atoms with Crippen LogP contribution in [0.15, 0.2) is 24.3 Å². The van der Waals surface area contributed by atoms with Gasteiger partial charge in [0.2, 0.25) is 5.91 Å². The predicted molar refractivity (Wildman–Crippen MR) is 88.9 cm³/mol. The fourth-order valence-corrected chi connectivity index (χ4v) is 3.48. The number of urea groups is 1. The standard InChI is InChI=1S/C17H23FN4O2/c18-12-3-5-13(6-4-12)20-16(24)21-14-7-10-22(11-14)15(23)17(19)8-1-2-9-17/h3-6,14H,1-2,7-11,19H2,(H2,20,21,24). The van der Waals surface area contributed by atoms with Crippen LogP contribution in [0.3, 0.4) is 0 Å². The number of anilines is 1. The lowest BCUT2D eigenvalue weighted by Gasteiger charge is -2.28. The van der Waals surface area contributed by atoms with Crippen LogP contribution in [-0.4, -0.2) is 41.5 Å². The molecule has 1 aliphatic heterocycles. The van der Waals surface area contributed by atoms with E-state index in [1.54, 1.807) is 4.90 Å². The van der Waals surface area contributed by atoms with Crippen molar-refractivity contribution in [2.45, 2.75) is 43.7 Å². The highest BCUT2D eigenvalue weighted by Gasteiger charge is 2.41. The van der Waals surface area contributed by atoms with Crippen molar-refractivity contribution in [1.82, 2.24) is 10.2 Å². The lowest BCUT2D eigenvalue weighted by Crippen LogP contribution is -2.53. The largest absolute Gasteiger partial charge is 0.339 e. The molecule has 0 aromatic heterocycles. The second kappa shape index (κ2) is 6.76. The predicted octanol–water partition coefficient (Wildman–Crippen LogP) is 1.82. The number of likely N-dealkylation sites (tertiary alicyclic amines) is 1. The summed E-state index contributed by atoms with van der Waals surface area (Å²) < 4.78 is 12.9. The molecule has 1 saturated carbocycles. The smallest absolute Gasteiger partial charge is 0.319 e. The number of carbonyl (C=O) groups is 2. The topological polar surface area (TPSA) is 87.5 Å². The van der Waals surface area contributed by atoms with Gasteiger partial charge in [-0.1, -0.05) is 12.8 Å². The van der Waals surface area contributed by atoms with Gasteiger partial charge < -0.3 is 21.3 Å². The molecule has 0 radical (unpaired) electrons. The Labute approximate surface area is 140 Å². The molecule has 1 heterocycles. The first-order valence-corrected chi connectivity index (χ1v) is 8.38. The van der Waals surface area contributed by atoms with E-state index in [1.807, 2.05) is 0 Å². The minimum Gasteiger partial charge on any atom is -0.339 e. The van der Waals surface area contributed by atoms with Crippen molar-refractivity contribution in [2.24, 2.45) is 5.73 Å². The number of rotatable bonds is 3. The van der Waals surface area contributed by atoms with E-state index in [4.69, 9.17) is 5.73 Å². The van der Waals surface area contributed by atoms with Crippen molar-refractivity contribution < 1.29 is 14.0 Å². The third-order valence-electron chi connectivity index (χ3n) is 4.83. The third kappa shape index (κ3) is 3.67. The van der Waals surface area contributed by atoms with Crippen LogP contribution < -0.4 is 16.4 Å². The van der Waals surface area contributed by atoms with Crippen molar-refractivity contribution in [2.75, 3.05) is 18.4 Å².